The number of likely N-dealkylation sites (N-methyl/N-ethyl adjacent to an activating group) is 1. The molecule has 2 amide bonds. The normalized spacial score (nSPS) is 23.2. The molecule has 256 valence electrons. The summed E-state index contributed by atoms with van der Waals surface area (Å²) in [5.41, 5.74) is -1.28. The number of anilines is 1. The molecule has 3 aliphatic rings. The highest BCUT2D eigenvalue weighted by atomic mass is 19.4. The maximum atomic E-state index is 17.2. The third kappa shape index (κ3) is 7.34. The van der Waals surface area contributed by atoms with Crippen molar-refractivity contribution in [2.45, 2.75) is 49.4 Å². The van der Waals surface area contributed by atoms with Crippen LogP contribution in [0.15, 0.2) is 42.5 Å². The predicted octanol–water partition coefficient (Wildman–Crippen LogP) is 4.62. The molecular weight excluding hydrogens is 620 g/mol. The average Bonchev–Trinajstić information content (AvgIpc) is 3.40. The molecule has 2 atom stereocenters. The molecule has 1 N–H and O–H groups in total. The number of benzene rings is 2. The van der Waals surface area contributed by atoms with Crippen molar-refractivity contribution in [1.82, 2.24) is 14.7 Å². The van der Waals surface area contributed by atoms with E-state index >= 15 is 4.39 Å². The van der Waals surface area contributed by atoms with Crippen LogP contribution >= 0.6 is 0 Å². The van der Waals surface area contributed by atoms with Gasteiger partial charge in [-0.25, -0.2) is 4.39 Å². The number of hydrogen-bond donors (Lipinski definition) is 1. The lowest BCUT2D eigenvalue weighted by Gasteiger charge is -2.39. The molecule has 0 saturated carbocycles. The molecule has 5 rings (SSSR count). The zero-order chi connectivity index (χ0) is 34.1. The molecule has 3 saturated heterocycles. The number of carbonyl (C=O) groups is 3. The molecule has 3 aliphatic heterocycles. The summed E-state index contributed by atoms with van der Waals surface area (Å²) < 4.78 is 63.6. The van der Waals surface area contributed by atoms with Gasteiger partial charge in [0.1, 0.15) is 5.75 Å². The van der Waals surface area contributed by atoms with Crippen LogP contribution in [0.25, 0.3) is 0 Å². The predicted molar refractivity (Wildman–Crippen MR) is 167 cm³/mol. The summed E-state index contributed by atoms with van der Waals surface area (Å²) >= 11 is 0. The number of amides is 2. The Hall–Kier alpha value is -3.87. The van der Waals surface area contributed by atoms with Crippen LogP contribution in [0.1, 0.15) is 54.2 Å². The smallest absolute Gasteiger partial charge is 0.416 e. The van der Waals surface area contributed by atoms with Gasteiger partial charge in [0.25, 0.3) is 5.91 Å². The highest BCUT2D eigenvalue weighted by Crippen LogP contribution is 2.44. The summed E-state index contributed by atoms with van der Waals surface area (Å²) in [5, 5.41) is 9.40. The summed E-state index contributed by atoms with van der Waals surface area (Å²) in [6.07, 6.45) is -3.00. The van der Waals surface area contributed by atoms with Gasteiger partial charge >= 0.3 is 12.1 Å². The fourth-order valence-corrected chi connectivity index (χ4v) is 7.14. The van der Waals surface area contributed by atoms with E-state index in [-0.39, 0.29) is 44.5 Å². The second-order valence-electron chi connectivity index (χ2n) is 13.1. The van der Waals surface area contributed by atoms with Gasteiger partial charge in [0, 0.05) is 65.0 Å². The second kappa shape index (κ2) is 13.7. The molecule has 47 heavy (non-hydrogen) atoms. The first-order valence-electron chi connectivity index (χ1n) is 15.9. The molecule has 3 heterocycles. The van der Waals surface area contributed by atoms with Crippen molar-refractivity contribution in [3.8, 4) is 5.75 Å². The maximum Gasteiger partial charge on any atom is 0.416 e. The van der Waals surface area contributed by atoms with Crippen molar-refractivity contribution in [1.29, 1.82) is 0 Å². The molecule has 13 heteroatoms. The minimum absolute atomic E-state index is 0.0267. The summed E-state index contributed by atoms with van der Waals surface area (Å²) in [6, 6.07) is 10.6. The molecule has 0 bridgehead atoms. The first kappa shape index (κ1) is 34.5. The van der Waals surface area contributed by atoms with E-state index in [1.165, 1.54) is 23.0 Å². The number of rotatable bonds is 8. The number of carbonyl (C=O) groups excluding carboxylic acids is 2. The molecule has 0 unspecified atom stereocenters. The van der Waals surface area contributed by atoms with E-state index < -0.39 is 41.1 Å². The monoisotopic (exact) mass is 662 g/mol. The van der Waals surface area contributed by atoms with Gasteiger partial charge in [-0.3, -0.25) is 19.3 Å². The molecule has 0 radical (unpaired) electrons. The number of aliphatic carboxylic acids is 1. The highest BCUT2D eigenvalue weighted by molar-refractivity contribution is 5.88. The van der Waals surface area contributed by atoms with Crippen LogP contribution in [0.5, 0.6) is 5.75 Å². The highest BCUT2D eigenvalue weighted by Gasteiger charge is 2.55. The quantitative estimate of drug-likeness (QED) is 0.413. The molecule has 0 spiro atoms. The van der Waals surface area contributed by atoms with Crippen molar-refractivity contribution < 1.29 is 41.8 Å². The Morgan fingerprint density at radius 3 is 2.17 bits per heavy atom. The number of hydrogen-bond acceptors (Lipinski definition) is 6. The Balaban J connectivity index is 1.35. The number of piperidine rings is 2. The van der Waals surface area contributed by atoms with Crippen LogP contribution < -0.4 is 9.64 Å². The van der Waals surface area contributed by atoms with Crippen LogP contribution in [-0.2, 0) is 20.6 Å². The van der Waals surface area contributed by atoms with Crippen LogP contribution in [0.4, 0.5) is 23.2 Å². The minimum atomic E-state index is -4.54. The van der Waals surface area contributed by atoms with Crippen molar-refractivity contribution in [2.24, 2.45) is 5.92 Å². The average molecular weight is 663 g/mol. The summed E-state index contributed by atoms with van der Waals surface area (Å²) in [4.78, 5) is 44.4. The summed E-state index contributed by atoms with van der Waals surface area (Å²) in [6.45, 7) is 1.01. The number of carboxylic acid groups (broad SMARTS) is 1. The molecular formula is C34H42F4N4O5. The largest absolute Gasteiger partial charge is 0.497 e. The molecule has 3 fully saturated rings. The van der Waals surface area contributed by atoms with E-state index in [9.17, 15) is 32.7 Å². The molecule has 9 nitrogen and oxygen atoms in total. The zero-order valence-corrected chi connectivity index (χ0v) is 26.9. The van der Waals surface area contributed by atoms with Crippen molar-refractivity contribution in [3.05, 3.63) is 59.2 Å². The first-order chi connectivity index (χ1) is 22.2. The molecule has 0 aliphatic carbocycles. The van der Waals surface area contributed by atoms with E-state index in [4.69, 9.17) is 4.74 Å². The molecule has 2 aromatic rings. The Bertz CT molecular complexity index is 1450. The maximum absolute atomic E-state index is 17.2. The van der Waals surface area contributed by atoms with Crippen LogP contribution in [0.3, 0.4) is 0 Å². The number of likely N-dealkylation sites (tertiary alicyclic amines) is 2. The van der Waals surface area contributed by atoms with Gasteiger partial charge in [-0.05, 0) is 67.0 Å². The Labute approximate surface area is 272 Å². The van der Waals surface area contributed by atoms with Crippen LogP contribution in [-0.4, -0.2) is 110 Å². The summed E-state index contributed by atoms with van der Waals surface area (Å²) in [7, 11) is 4.77. The van der Waals surface area contributed by atoms with E-state index in [0.29, 0.717) is 55.8 Å². The minimum Gasteiger partial charge on any atom is -0.497 e. The van der Waals surface area contributed by atoms with E-state index in [2.05, 4.69) is 0 Å². The van der Waals surface area contributed by atoms with E-state index in [1.807, 2.05) is 4.90 Å². The van der Waals surface area contributed by atoms with E-state index in [1.54, 1.807) is 43.3 Å². The van der Waals surface area contributed by atoms with Crippen molar-refractivity contribution in [2.75, 3.05) is 71.9 Å². The van der Waals surface area contributed by atoms with Gasteiger partial charge in [0.2, 0.25) is 11.6 Å². The Kier molecular flexibility index (Phi) is 10.0. The lowest BCUT2D eigenvalue weighted by atomic mass is 9.83. The fourth-order valence-electron chi connectivity index (χ4n) is 7.14. The van der Waals surface area contributed by atoms with Crippen LogP contribution in [0.2, 0.25) is 0 Å². The topological polar surface area (TPSA) is 93.6 Å². The van der Waals surface area contributed by atoms with Gasteiger partial charge in [-0.1, -0.05) is 18.2 Å². The van der Waals surface area contributed by atoms with Gasteiger partial charge in [-0.2, -0.15) is 13.2 Å². The second-order valence-corrected chi connectivity index (χ2v) is 13.1. The molecule has 2 aromatic carbocycles. The van der Waals surface area contributed by atoms with Gasteiger partial charge in [0.05, 0.1) is 25.1 Å². The van der Waals surface area contributed by atoms with Crippen molar-refractivity contribution >= 4 is 23.5 Å². The standard InChI is InChI=1S/C34H42F4N4O5/c1-39(2)30(43)20-40-19-28(23-4-7-26(47-3)8-5-23)33(35,21-40)32(46)42-16-10-22(11-17-42)27-9-6-25(34(36,37)38)18-29(27)41-14-12-24(13-15-41)31(44)45/h4-9,18,22,24,28H,10-17,19-21H2,1-3H3,(H,44,45)/t28-,33-/m0/s1. The molecule has 0 aromatic heterocycles. The van der Waals surface area contributed by atoms with Gasteiger partial charge in [-0.15, -0.1) is 0 Å². The third-order valence-electron chi connectivity index (χ3n) is 9.94. The number of alkyl halides is 4. The van der Waals surface area contributed by atoms with Crippen molar-refractivity contribution in [3.63, 3.8) is 0 Å². The first-order valence-corrected chi connectivity index (χ1v) is 15.9. The van der Waals surface area contributed by atoms with E-state index in [0.717, 1.165) is 17.7 Å². The Morgan fingerprint density at radius 1 is 0.979 bits per heavy atom. The number of carboxylic acids is 1. The van der Waals surface area contributed by atoms with Crippen LogP contribution in [0, 0.1) is 5.92 Å². The number of ether oxygens (including phenoxy) is 1. The zero-order valence-electron chi connectivity index (χ0n) is 26.9. The number of nitrogens with zero attached hydrogens (tertiary/aromatic N) is 4. The van der Waals surface area contributed by atoms with Gasteiger partial charge in [0.15, 0.2) is 0 Å². The SMILES string of the molecule is COc1ccc([C@@H]2CN(CC(=O)N(C)C)C[C@@]2(F)C(=O)N2CCC(c3ccc(C(F)(F)F)cc3N3CCC(C(=O)O)CC3)CC2)cc1. The lowest BCUT2D eigenvalue weighted by Crippen LogP contribution is -2.52. The number of methoxy groups -OCH3 is 1. The third-order valence-corrected chi connectivity index (χ3v) is 9.94. The fraction of sp³-hybridized carbons (Fsp3) is 0.559. The van der Waals surface area contributed by atoms with Gasteiger partial charge < -0.3 is 24.5 Å². The number of halogens is 4. The Morgan fingerprint density at radius 2 is 1.62 bits per heavy atom. The summed E-state index contributed by atoms with van der Waals surface area (Å²) in [5.74, 6) is -2.67. The lowest BCUT2D eigenvalue weighted by molar-refractivity contribution is -0.145.